The van der Waals surface area contributed by atoms with Crippen LogP contribution < -0.4 is 0 Å². The molecule has 2 N–H and O–H groups in total. The number of nitrogens with zero attached hydrogens (tertiary/aromatic N) is 2. The maximum Gasteiger partial charge on any atom is 0.328 e. The van der Waals surface area contributed by atoms with Gasteiger partial charge in [-0.25, -0.2) is 9.59 Å². The summed E-state index contributed by atoms with van der Waals surface area (Å²) in [4.78, 5) is 27.0. The van der Waals surface area contributed by atoms with Gasteiger partial charge in [0.1, 0.15) is 0 Å². The number of piperazine rings is 1. The van der Waals surface area contributed by atoms with Crippen LogP contribution in [0.4, 0.5) is 0 Å². The molecule has 0 spiro atoms. The Hall–Kier alpha value is -2.40. The maximum atomic E-state index is 9.55. The van der Waals surface area contributed by atoms with E-state index in [4.69, 9.17) is 31.3 Å². The minimum atomic E-state index is -1.26. The van der Waals surface area contributed by atoms with Gasteiger partial charge in [-0.3, -0.25) is 4.90 Å². The number of ether oxygens (including phenoxy) is 2. The quantitative estimate of drug-likeness (QED) is 0.517. The van der Waals surface area contributed by atoms with Gasteiger partial charge in [0.25, 0.3) is 0 Å². The van der Waals surface area contributed by atoms with E-state index in [9.17, 15) is 9.59 Å². The summed E-state index contributed by atoms with van der Waals surface area (Å²) in [5, 5.41) is 16.5. The van der Waals surface area contributed by atoms with Crippen molar-refractivity contribution in [1.82, 2.24) is 9.80 Å². The van der Waals surface area contributed by atoms with E-state index in [0.29, 0.717) is 18.2 Å². The molecule has 2 aromatic rings. The van der Waals surface area contributed by atoms with Gasteiger partial charge in [0.05, 0.1) is 13.2 Å². The van der Waals surface area contributed by atoms with Crippen LogP contribution in [0.25, 0.3) is 0 Å². The molecule has 0 amide bonds. The zero-order valence-electron chi connectivity index (χ0n) is 20.4. The lowest BCUT2D eigenvalue weighted by Crippen LogP contribution is -2.48. The zero-order chi connectivity index (χ0) is 26.2. The molecule has 2 fully saturated rings. The van der Waals surface area contributed by atoms with E-state index in [1.54, 1.807) is 0 Å². The van der Waals surface area contributed by atoms with Crippen molar-refractivity contribution in [2.75, 3.05) is 45.9 Å². The molecule has 10 heteroatoms. The Morgan fingerprint density at radius 3 is 2.32 bits per heavy atom. The minimum absolute atomic E-state index is 0.00238. The molecule has 0 aromatic heterocycles. The van der Waals surface area contributed by atoms with Crippen molar-refractivity contribution in [2.45, 2.75) is 35.0 Å². The Bertz CT molecular complexity index is 1100. The fourth-order valence-electron chi connectivity index (χ4n) is 4.71. The molecule has 3 aliphatic rings. The van der Waals surface area contributed by atoms with E-state index in [2.05, 4.69) is 46.2 Å². The predicted molar refractivity (Wildman–Crippen MR) is 141 cm³/mol. The largest absolute Gasteiger partial charge is 0.478 e. The summed E-state index contributed by atoms with van der Waals surface area (Å²) >= 11 is 8.29. The van der Waals surface area contributed by atoms with Gasteiger partial charge in [0.15, 0.2) is 6.29 Å². The van der Waals surface area contributed by atoms with Crippen LogP contribution in [-0.4, -0.2) is 84.2 Å². The van der Waals surface area contributed by atoms with Crippen molar-refractivity contribution < 1.29 is 29.3 Å². The third-order valence-corrected chi connectivity index (χ3v) is 7.97. The predicted octanol–water partition coefficient (Wildman–Crippen LogP) is 4.18. The number of rotatable bonds is 6. The molecule has 1 atom stereocenters. The number of hydrogen-bond acceptors (Lipinski definition) is 7. The molecule has 0 saturated carbocycles. The molecular formula is C27H31ClN2O6S. The summed E-state index contributed by atoms with van der Waals surface area (Å²) in [5.74, 6) is -2.51. The molecule has 2 aromatic carbocycles. The van der Waals surface area contributed by atoms with Crippen molar-refractivity contribution in [2.24, 2.45) is 0 Å². The van der Waals surface area contributed by atoms with Crippen molar-refractivity contribution in [3.8, 4) is 0 Å². The van der Waals surface area contributed by atoms with Crippen LogP contribution in [0.1, 0.15) is 23.6 Å². The fourth-order valence-corrected chi connectivity index (χ4v) is 6.01. The van der Waals surface area contributed by atoms with E-state index < -0.39 is 11.9 Å². The Labute approximate surface area is 225 Å². The second-order valence-corrected chi connectivity index (χ2v) is 10.5. The molecule has 37 heavy (non-hydrogen) atoms. The Balaban J connectivity index is 0.000000349. The van der Waals surface area contributed by atoms with E-state index in [1.165, 1.54) is 20.9 Å². The molecule has 8 nitrogen and oxygen atoms in total. The van der Waals surface area contributed by atoms with Crippen molar-refractivity contribution in [3.05, 3.63) is 70.8 Å². The van der Waals surface area contributed by atoms with Gasteiger partial charge in [-0.1, -0.05) is 41.6 Å². The topological polar surface area (TPSA) is 99.5 Å². The third-order valence-electron chi connectivity index (χ3n) is 6.52. The van der Waals surface area contributed by atoms with Crippen LogP contribution in [-0.2, 0) is 25.5 Å². The molecular weight excluding hydrogens is 516 g/mol. The van der Waals surface area contributed by atoms with Crippen molar-refractivity contribution in [3.63, 3.8) is 0 Å². The van der Waals surface area contributed by atoms with Crippen LogP contribution in [0.5, 0.6) is 0 Å². The maximum absolute atomic E-state index is 9.55. The monoisotopic (exact) mass is 546 g/mol. The summed E-state index contributed by atoms with van der Waals surface area (Å²) in [7, 11) is 0. The van der Waals surface area contributed by atoms with E-state index >= 15 is 0 Å². The van der Waals surface area contributed by atoms with E-state index in [0.717, 1.165) is 63.8 Å². The average molecular weight is 547 g/mol. The normalized spacial score (nSPS) is 20.5. The van der Waals surface area contributed by atoms with Crippen molar-refractivity contribution >= 4 is 35.3 Å². The van der Waals surface area contributed by atoms with Crippen LogP contribution in [0, 0.1) is 0 Å². The van der Waals surface area contributed by atoms with Gasteiger partial charge in [-0.15, -0.1) is 0 Å². The zero-order valence-corrected chi connectivity index (χ0v) is 22.0. The number of fused-ring (bicyclic) bond motifs is 2. The second kappa shape index (κ2) is 13.4. The lowest BCUT2D eigenvalue weighted by Gasteiger charge is -2.40. The lowest BCUT2D eigenvalue weighted by molar-refractivity contribution is -0.134. The Kier molecular flexibility index (Phi) is 10.0. The van der Waals surface area contributed by atoms with E-state index in [1.807, 2.05) is 17.8 Å². The van der Waals surface area contributed by atoms with Gasteiger partial charge in [-0.05, 0) is 41.8 Å². The highest BCUT2D eigenvalue weighted by Gasteiger charge is 2.30. The number of hydrogen-bond donors (Lipinski definition) is 2. The van der Waals surface area contributed by atoms with Gasteiger partial charge in [0, 0.05) is 72.2 Å². The first-order chi connectivity index (χ1) is 17.9. The molecule has 3 heterocycles. The number of aliphatic carboxylic acids is 2. The number of halogens is 1. The summed E-state index contributed by atoms with van der Waals surface area (Å²) in [6.45, 7) is 6.86. The molecule has 0 radical (unpaired) electrons. The molecule has 0 aliphatic carbocycles. The average Bonchev–Trinajstić information content (AvgIpc) is 3.36. The summed E-state index contributed by atoms with van der Waals surface area (Å²) < 4.78 is 11.2. The van der Waals surface area contributed by atoms with Gasteiger partial charge < -0.3 is 24.6 Å². The summed E-state index contributed by atoms with van der Waals surface area (Å²) in [6.07, 6.45) is 3.12. The molecule has 198 valence electrons. The van der Waals surface area contributed by atoms with Gasteiger partial charge >= 0.3 is 11.9 Å². The first-order valence-corrected chi connectivity index (χ1v) is 13.5. The lowest BCUT2D eigenvalue weighted by atomic mass is 9.96. The molecule has 1 unspecified atom stereocenters. The van der Waals surface area contributed by atoms with Crippen LogP contribution >= 0.6 is 23.4 Å². The van der Waals surface area contributed by atoms with Gasteiger partial charge in [0.2, 0.25) is 0 Å². The molecule has 5 rings (SSSR count). The molecule has 2 saturated heterocycles. The van der Waals surface area contributed by atoms with Crippen LogP contribution in [0.3, 0.4) is 0 Å². The third kappa shape index (κ3) is 8.04. The highest BCUT2D eigenvalue weighted by atomic mass is 35.5. The second-order valence-electron chi connectivity index (χ2n) is 8.96. The Morgan fingerprint density at radius 2 is 1.65 bits per heavy atom. The van der Waals surface area contributed by atoms with E-state index in [-0.39, 0.29) is 6.29 Å². The fraction of sp³-hybridized carbons (Fsp3) is 0.407. The Morgan fingerprint density at radius 1 is 0.973 bits per heavy atom. The van der Waals surface area contributed by atoms with Crippen LogP contribution in [0.2, 0.25) is 5.02 Å². The first-order valence-electron chi connectivity index (χ1n) is 12.3. The summed E-state index contributed by atoms with van der Waals surface area (Å²) in [6, 6.07) is 15.6. The number of carbonyl (C=O) groups is 2. The summed E-state index contributed by atoms with van der Waals surface area (Å²) in [5.41, 5.74) is 2.81. The highest BCUT2D eigenvalue weighted by Crippen LogP contribution is 2.43. The molecule has 0 bridgehead atoms. The minimum Gasteiger partial charge on any atom is -0.478 e. The van der Waals surface area contributed by atoms with Crippen molar-refractivity contribution in [1.29, 1.82) is 0 Å². The number of benzene rings is 2. The van der Waals surface area contributed by atoms with Crippen LogP contribution in [0.15, 0.2) is 64.4 Å². The first kappa shape index (κ1) is 27.6. The SMILES string of the molecule is Clc1ccc2c(c1)C(N1CCN(CCC3OCCO3)CC1)Cc1ccccc1S2.O=C(O)/C=C\C(=O)O. The molecule has 3 aliphatic heterocycles. The standard InChI is InChI=1S/C23H27ClN2O2S.C4H4O4/c24-18-5-6-22-19(16-18)20(15-17-3-1-2-4-21(17)29-22)26-11-9-25(10-12-26)8-7-23-27-13-14-28-23;5-3(6)1-2-4(7)8/h1-6,16,20,23H,7-15H2;1-2H,(H,5,6)(H,7,8)/b;2-1-. The number of carboxylic acids is 2. The van der Waals surface area contributed by atoms with Gasteiger partial charge in [-0.2, -0.15) is 0 Å². The number of carboxylic acid groups (broad SMARTS) is 2. The smallest absolute Gasteiger partial charge is 0.328 e. The highest BCUT2D eigenvalue weighted by molar-refractivity contribution is 7.99.